The second kappa shape index (κ2) is 11.8. The second-order valence-corrected chi connectivity index (χ2v) is 9.55. The van der Waals surface area contributed by atoms with E-state index in [4.69, 9.17) is 5.11 Å². The number of aryl methyl sites for hydroxylation is 1. The molecule has 2 unspecified atom stereocenters. The van der Waals surface area contributed by atoms with Crippen LogP contribution in [0.15, 0.2) is 42.6 Å². The molecule has 7 heteroatoms. The minimum absolute atomic E-state index is 0.0909. The smallest absolute Gasteiger partial charge is 0.305 e. The molecule has 176 valence electrons. The molecular weight excluding hydrogens is 434 g/mol. The number of hydrogen-bond acceptors (Lipinski definition) is 5. The maximum atomic E-state index is 12.3. The maximum absolute atomic E-state index is 12.3. The summed E-state index contributed by atoms with van der Waals surface area (Å²) in [6.07, 6.45) is 6.52. The van der Waals surface area contributed by atoms with Crippen molar-refractivity contribution in [1.29, 1.82) is 0 Å². The Kier molecular flexibility index (Phi) is 8.83. The fourth-order valence-corrected chi connectivity index (χ4v) is 5.33. The third kappa shape index (κ3) is 6.54. The SMILES string of the molecule is CCCCCC(C)C(Nc1ccc(C(=O)NCCC(=O)O)cc1)c1sc2ncccc2c1C. The van der Waals surface area contributed by atoms with Gasteiger partial charge < -0.3 is 15.7 Å². The second-order valence-electron chi connectivity index (χ2n) is 8.52. The van der Waals surface area contributed by atoms with E-state index in [1.54, 1.807) is 23.5 Å². The zero-order valence-electron chi connectivity index (χ0n) is 19.6. The van der Waals surface area contributed by atoms with Crippen molar-refractivity contribution in [3.8, 4) is 0 Å². The molecule has 0 aliphatic carbocycles. The molecule has 2 aromatic heterocycles. The van der Waals surface area contributed by atoms with Crippen LogP contribution in [0.5, 0.6) is 0 Å². The van der Waals surface area contributed by atoms with Crippen LogP contribution in [0.4, 0.5) is 5.69 Å². The molecule has 3 N–H and O–H groups in total. The molecule has 3 rings (SSSR count). The highest BCUT2D eigenvalue weighted by atomic mass is 32.1. The molecule has 0 spiro atoms. The average Bonchev–Trinajstić information content (AvgIpc) is 3.14. The number of aromatic nitrogens is 1. The van der Waals surface area contributed by atoms with Gasteiger partial charge in [-0.3, -0.25) is 9.59 Å². The molecule has 0 bridgehead atoms. The van der Waals surface area contributed by atoms with E-state index >= 15 is 0 Å². The highest BCUT2D eigenvalue weighted by molar-refractivity contribution is 7.19. The number of amides is 1. The zero-order valence-corrected chi connectivity index (χ0v) is 20.4. The number of carboxylic acid groups (broad SMARTS) is 1. The fourth-order valence-electron chi connectivity index (χ4n) is 4.00. The summed E-state index contributed by atoms with van der Waals surface area (Å²) in [4.78, 5) is 29.8. The van der Waals surface area contributed by atoms with Crippen LogP contribution in [0.2, 0.25) is 0 Å². The number of aliphatic carboxylic acids is 1. The van der Waals surface area contributed by atoms with Crippen molar-refractivity contribution in [3.05, 3.63) is 58.6 Å². The number of nitrogens with one attached hydrogen (secondary N) is 2. The molecule has 2 heterocycles. The number of hydrogen-bond donors (Lipinski definition) is 3. The van der Waals surface area contributed by atoms with E-state index in [0.717, 1.165) is 16.9 Å². The van der Waals surface area contributed by atoms with Gasteiger partial charge in [0, 0.05) is 34.3 Å². The van der Waals surface area contributed by atoms with Crippen LogP contribution in [-0.2, 0) is 4.79 Å². The van der Waals surface area contributed by atoms with Gasteiger partial charge in [0.1, 0.15) is 4.83 Å². The Balaban J connectivity index is 1.79. The number of carbonyl (C=O) groups excluding carboxylic acids is 1. The molecule has 0 aliphatic heterocycles. The topological polar surface area (TPSA) is 91.3 Å². The van der Waals surface area contributed by atoms with Crippen LogP contribution >= 0.6 is 11.3 Å². The Morgan fingerprint density at radius 1 is 1.15 bits per heavy atom. The lowest BCUT2D eigenvalue weighted by Gasteiger charge is -2.26. The van der Waals surface area contributed by atoms with Crippen LogP contribution in [-0.4, -0.2) is 28.5 Å². The molecule has 2 atom stereocenters. The van der Waals surface area contributed by atoms with Gasteiger partial charge in [0.2, 0.25) is 0 Å². The summed E-state index contributed by atoms with van der Waals surface area (Å²) >= 11 is 1.75. The summed E-state index contributed by atoms with van der Waals surface area (Å²) in [6, 6.07) is 11.6. The molecule has 0 saturated heterocycles. The minimum atomic E-state index is -0.930. The summed E-state index contributed by atoms with van der Waals surface area (Å²) in [7, 11) is 0. The number of nitrogens with zero attached hydrogens (tertiary/aromatic N) is 1. The minimum Gasteiger partial charge on any atom is -0.481 e. The van der Waals surface area contributed by atoms with Gasteiger partial charge in [-0.2, -0.15) is 0 Å². The molecule has 0 saturated carbocycles. The quantitative estimate of drug-likeness (QED) is 0.277. The van der Waals surface area contributed by atoms with Crippen molar-refractivity contribution in [1.82, 2.24) is 10.3 Å². The van der Waals surface area contributed by atoms with Crippen LogP contribution in [0.3, 0.4) is 0 Å². The van der Waals surface area contributed by atoms with E-state index in [1.165, 1.54) is 35.1 Å². The molecule has 1 aromatic carbocycles. The normalized spacial score (nSPS) is 12.9. The number of unbranched alkanes of at least 4 members (excludes halogenated alkanes) is 2. The predicted octanol–water partition coefficient (Wildman–Crippen LogP) is 6.18. The molecule has 1 amide bonds. The van der Waals surface area contributed by atoms with E-state index in [1.807, 2.05) is 24.4 Å². The van der Waals surface area contributed by atoms with E-state index < -0.39 is 5.97 Å². The van der Waals surface area contributed by atoms with Gasteiger partial charge in [-0.1, -0.05) is 39.2 Å². The number of pyridine rings is 1. The Morgan fingerprint density at radius 2 is 1.91 bits per heavy atom. The molecule has 3 aromatic rings. The first-order valence-corrected chi connectivity index (χ1v) is 12.4. The van der Waals surface area contributed by atoms with E-state index in [0.29, 0.717) is 11.5 Å². The van der Waals surface area contributed by atoms with Gasteiger partial charge >= 0.3 is 5.97 Å². The van der Waals surface area contributed by atoms with Crippen molar-refractivity contribution in [2.75, 3.05) is 11.9 Å². The largest absolute Gasteiger partial charge is 0.481 e. The number of rotatable bonds is 12. The highest BCUT2D eigenvalue weighted by Crippen LogP contribution is 2.39. The Labute approximate surface area is 199 Å². The van der Waals surface area contributed by atoms with Crippen LogP contribution in [0.25, 0.3) is 10.2 Å². The van der Waals surface area contributed by atoms with Gasteiger partial charge in [0.05, 0.1) is 12.5 Å². The molecular formula is C26H33N3O3S. The molecule has 0 radical (unpaired) electrons. The lowest BCUT2D eigenvalue weighted by atomic mass is 9.92. The van der Waals surface area contributed by atoms with Gasteiger partial charge in [-0.05, 0) is 55.2 Å². The first-order valence-electron chi connectivity index (χ1n) is 11.6. The Hall–Kier alpha value is -2.93. The molecule has 0 fully saturated rings. The molecule has 0 aliphatic rings. The van der Waals surface area contributed by atoms with E-state index in [2.05, 4.69) is 42.5 Å². The number of thiophene rings is 1. The summed E-state index contributed by atoms with van der Waals surface area (Å²) in [5.41, 5.74) is 2.74. The van der Waals surface area contributed by atoms with Gasteiger partial charge in [0.15, 0.2) is 0 Å². The number of fused-ring (bicyclic) bond motifs is 1. The monoisotopic (exact) mass is 467 g/mol. The lowest BCUT2D eigenvalue weighted by molar-refractivity contribution is -0.136. The van der Waals surface area contributed by atoms with Crippen molar-refractivity contribution < 1.29 is 14.7 Å². The first kappa shape index (κ1) is 24.7. The van der Waals surface area contributed by atoms with Crippen molar-refractivity contribution >= 4 is 39.1 Å². The Morgan fingerprint density at radius 3 is 2.58 bits per heavy atom. The lowest BCUT2D eigenvalue weighted by Crippen LogP contribution is -2.26. The number of carboxylic acids is 1. The van der Waals surface area contributed by atoms with E-state index in [9.17, 15) is 9.59 Å². The third-order valence-corrected chi connectivity index (χ3v) is 7.26. The summed E-state index contributed by atoms with van der Waals surface area (Å²) in [5.74, 6) is -0.762. The van der Waals surface area contributed by atoms with E-state index in [-0.39, 0.29) is 24.9 Å². The highest BCUT2D eigenvalue weighted by Gasteiger charge is 2.24. The number of anilines is 1. The fraction of sp³-hybridized carbons (Fsp3) is 0.423. The molecule has 6 nitrogen and oxygen atoms in total. The maximum Gasteiger partial charge on any atom is 0.305 e. The Bertz CT molecular complexity index is 1080. The standard InChI is InChI=1S/C26H33N3O3S/c1-4-5-6-8-17(2)23(24-18(3)21-9-7-15-28-26(21)33-24)29-20-12-10-19(11-13-20)25(32)27-16-14-22(30)31/h7,9-13,15,17,23,29H,4-6,8,14,16H2,1-3H3,(H,27,32)(H,30,31). The number of carbonyl (C=O) groups is 2. The van der Waals surface area contributed by atoms with Gasteiger partial charge in [-0.15, -0.1) is 11.3 Å². The van der Waals surface area contributed by atoms with Crippen molar-refractivity contribution in [3.63, 3.8) is 0 Å². The predicted molar refractivity (Wildman–Crippen MR) is 135 cm³/mol. The van der Waals surface area contributed by atoms with Crippen LogP contribution in [0, 0.1) is 12.8 Å². The molecule has 33 heavy (non-hydrogen) atoms. The van der Waals surface area contributed by atoms with Crippen LogP contribution in [0.1, 0.15) is 72.8 Å². The third-order valence-electron chi connectivity index (χ3n) is 5.96. The summed E-state index contributed by atoms with van der Waals surface area (Å²) in [6.45, 7) is 6.81. The summed E-state index contributed by atoms with van der Waals surface area (Å²) in [5, 5.41) is 16.3. The van der Waals surface area contributed by atoms with Gasteiger partial charge in [0.25, 0.3) is 5.91 Å². The van der Waals surface area contributed by atoms with Crippen LogP contribution < -0.4 is 10.6 Å². The average molecular weight is 468 g/mol. The van der Waals surface area contributed by atoms with Crippen molar-refractivity contribution in [2.24, 2.45) is 5.92 Å². The summed E-state index contributed by atoms with van der Waals surface area (Å²) < 4.78 is 0. The van der Waals surface area contributed by atoms with Gasteiger partial charge in [-0.25, -0.2) is 4.98 Å². The first-order chi connectivity index (χ1) is 15.9. The zero-order chi connectivity index (χ0) is 23.8. The number of benzene rings is 1. The van der Waals surface area contributed by atoms with Crippen molar-refractivity contribution in [2.45, 2.75) is 58.9 Å².